The topological polar surface area (TPSA) is 271 Å². The van der Waals surface area contributed by atoms with E-state index in [9.17, 15) is 56.2 Å². The molecule has 0 saturated carbocycles. The molecule has 16 heteroatoms. The molecule has 0 amide bonds. The minimum Gasteiger partial charge on any atom is -0.507 e. The zero-order valence-electron chi connectivity index (χ0n) is 22.3. The zero-order chi connectivity index (χ0) is 31.3. The van der Waals surface area contributed by atoms with Crippen LogP contribution in [0, 0.1) is 0 Å². The smallest absolute Gasteiger partial charge is 0.402 e. The van der Waals surface area contributed by atoms with E-state index in [1.54, 1.807) is 0 Å². The van der Waals surface area contributed by atoms with Gasteiger partial charge in [-0.3, -0.25) is 0 Å². The van der Waals surface area contributed by atoms with E-state index < -0.39 is 91.0 Å². The number of aliphatic hydroxyl groups excluding tert-OH is 6. The molecule has 2 saturated heterocycles. The quantitative estimate of drug-likeness (QED) is 0.117. The van der Waals surface area contributed by atoms with Crippen LogP contribution in [0.15, 0.2) is 34.7 Å². The van der Waals surface area contributed by atoms with Gasteiger partial charge in [0.25, 0.3) is 0 Å². The van der Waals surface area contributed by atoms with Gasteiger partial charge in [-0.15, -0.1) is 0 Å². The Morgan fingerprint density at radius 2 is 1.40 bits per heavy atom. The molecule has 2 aromatic carbocycles. The number of hydrogen-bond acceptors (Lipinski definition) is 15. The maximum Gasteiger partial charge on any atom is 0.402 e. The van der Waals surface area contributed by atoms with Gasteiger partial charge < -0.3 is 75.1 Å². The highest BCUT2D eigenvalue weighted by molar-refractivity contribution is 5.88. The Labute approximate surface area is 242 Å². The highest BCUT2D eigenvalue weighted by Crippen LogP contribution is 2.45. The van der Waals surface area contributed by atoms with Crippen LogP contribution in [0.1, 0.15) is 6.92 Å². The molecule has 2 aliphatic rings. The van der Waals surface area contributed by atoms with Crippen LogP contribution in [0.2, 0.25) is 0 Å². The first-order valence-electron chi connectivity index (χ1n) is 13.0. The van der Waals surface area contributed by atoms with E-state index in [0.29, 0.717) is 0 Å². The number of aromatic hydroxyl groups is 5. The molecule has 0 radical (unpaired) electrons. The Balaban J connectivity index is 1.48. The lowest BCUT2D eigenvalue weighted by Crippen LogP contribution is -2.64. The summed E-state index contributed by atoms with van der Waals surface area (Å²) in [6.45, 7) is 0.609. The third-order valence-electron chi connectivity index (χ3n) is 7.31. The van der Waals surface area contributed by atoms with Crippen molar-refractivity contribution in [2.24, 2.45) is 0 Å². The fourth-order valence-electron chi connectivity index (χ4n) is 4.93. The second kappa shape index (κ2) is 11.8. The van der Waals surface area contributed by atoms with Gasteiger partial charge in [0.1, 0.15) is 59.6 Å². The fraction of sp³-hybridized carbons (Fsp3) is 0.444. The first kappa shape index (κ1) is 30.7. The van der Waals surface area contributed by atoms with Gasteiger partial charge in [-0.1, -0.05) is 0 Å². The first-order chi connectivity index (χ1) is 20.3. The van der Waals surface area contributed by atoms with E-state index >= 15 is 0 Å². The number of aliphatic hydroxyl groups is 6. The summed E-state index contributed by atoms with van der Waals surface area (Å²) < 4.78 is 28.3. The summed E-state index contributed by atoms with van der Waals surface area (Å²) in [5.74, 6) is -3.64. The van der Waals surface area contributed by atoms with Gasteiger partial charge in [-0.25, -0.2) is 4.42 Å². The van der Waals surface area contributed by atoms with Gasteiger partial charge in [0.2, 0.25) is 12.0 Å². The lowest BCUT2D eigenvalue weighted by molar-refractivity contribution is -0.349. The molecule has 3 aromatic rings. The van der Waals surface area contributed by atoms with E-state index in [4.69, 9.17) is 23.4 Å². The predicted octanol–water partition coefficient (Wildman–Crippen LogP) is -1.06. The number of hydrogen-bond donors (Lipinski definition) is 11. The molecule has 5 rings (SSSR count). The number of phenolic OH excluding ortho intramolecular Hbond substituents is 5. The molecule has 2 aliphatic heterocycles. The van der Waals surface area contributed by atoms with Crippen molar-refractivity contribution in [3.8, 4) is 45.8 Å². The average Bonchev–Trinajstić information content (AvgIpc) is 2.96. The van der Waals surface area contributed by atoms with Crippen LogP contribution in [0.5, 0.6) is 34.5 Å². The number of benzene rings is 2. The third-order valence-corrected chi connectivity index (χ3v) is 7.31. The molecular formula is C27H31O16+. The van der Waals surface area contributed by atoms with Crippen LogP contribution in [0.4, 0.5) is 0 Å². The molecule has 0 spiro atoms. The van der Waals surface area contributed by atoms with Gasteiger partial charge in [0, 0.05) is 24.3 Å². The normalized spacial score (nSPS) is 33.0. The molecule has 10 atom stereocenters. The largest absolute Gasteiger partial charge is 0.507 e. The standard InChI is InChI=1S/C27H30O16/c1-8-18(33)20(35)22(37)26(39-8)43-25-17(7-28)42-27(23(38)21(25)36)41-16-6-11-12(30)4-10(29)5-15(11)40-24(16)9-2-13(31)19(34)14(32)3-9/h2-6,8,17-18,20-23,25-28,33,35-38H,7H2,1H3,(H4-,29,30,31,32,34)/p+1/t8-,17+,18-,20+,21+,22+,23+,25+,26-,27+/m0/s1. The Morgan fingerprint density at radius 3 is 2.05 bits per heavy atom. The van der Waals surface area contributed by atoms with E-state index in [2.05, 4.69) is 0 Å². The number of fused-ring (bicyclic) bond motifs is 1. The molecule has 3 heterocycles. The van der Waals surface area contributed by atoms with E-state index in [0.717, 1.165) is 24.3 Å². The van der Waals surface area contributed by atoms with Crippen molar-refractivity contribution < 1.29 is 79.5 Å². The maximum absolute atomic E-state index is 10.9. The van der Waals surface area contributed by atoms with Crippen molar-refractivity contribution >= 4 is 11.0 Å². The average molecular weight is 612 g/mol. The van der Waals surface area contributed by atoms with Crippen molar-refractivity contribution in [2.45, 2.75) is 68.3 Å². The van der Waals surface area contributed by atoms with Crippen molar-refractivity contribution in [2.75, 3.05) is 6.61 Å². The fourth-order valence-corrected chi connectivity index (χ4v) is 4.93. The number of ether oxygens (including phenoxy) is 4. The van der Waals surface area contributed by atoms with E-state index in [-0.39, 0.29) is 33.8 Å². The van der Waals surface area contributed by atoms with Crippen LogP contribution >= 0.6 is 0 Å². The van der Waals surface area contributed by atoms with Crippen molar-refractivity contribution in [1.82, 2.24) is 0 Å². The van der Waals surface area contributed by atoms with Crippen LogP contribution in [-0.4, -0.2) is 124 Å². The molecule has 0 bridgehead atoms. The summed E-state index contributed by atoms with van der Waals surface area (Å²) in [7, 11) is 0. The molecule has 2 fully saturated rings. The third kappa shape index (κ3) is 5.67. The minimum absolute atomic E-state index is 0.00726. The van der Waals surface area contributed by atoms with Crippen molar-refractivity contribution in [3.63, 3.8) is 0 Å². The summed E-state index contributed by atoms with van der Waals surface area (Å²) in [6, 6.07) is 5.39. The zero-order valence-corrected chi connectivity index (χ0v) is 22.3. The van der Waals surface area contributed by atoms with E-state index in [1.807, 2.05) is 0 Å². The lowest BCUT2D eigenvalue weighted by atomic mass is 9.97. The first-order valence-corrected chi connectivity index (χ1v) is 13.0. The molecular weight excluding hydrogens is 580 g/mol. The molecule has 0 aliphatic carbocycles. The highest BCUT2D eigenvalue weighted by atomic mass is 16.7. The van der Waals surface area contributed by atoms with Gasteiger partial charge in [-0.2, -0.15) is 0 Å². The molecule has 1 aromatic heterocycles. The van der Waals surface area contributed by atoms with Gasteiger partial charge >= 0.3 is 11.3 Å². The second-order valence-corrected chi connectivity index (χ2v) is 10.3. The van der Waals surface area contributed by atoms with Crippen LogP contribution in [0.3, 0.4) is 0 Å². The lowest BCUT2D eigenvalue weighted by Gasteiger charge is -2.45. The molecule has 234 valence electrons. The number of phenols is 5. The Morgan fingerprint density at radius 1 is 0.744 bits per heavy atom. The van der Waals surface area contributed by atoms with Crippen LogP contribution < -0.4 is 4.74 Å². The molecule has 0 unspecified atom stereocenters. The highest BCUT2D eigenvalue weighted by Gasteiger charge is 2.51. The van der Waals surface area contributed by atoms with Gasteiger partial charge in [0.05, 0.1) is 24.3 Å². The van der Waals surface area contributed by atoms with E-state index in [1.165, 1.54) is 13.0 Å². The minimum atomic E-state index is -1.90. The molecule has 16 nitrogen and oxygen atoms in total. The summed E-state index contributed by atoms with van der Waals surface area (Å²) >= 11 is 0. The van der Waals surface area contributed by atoms with Crippen molar-refractivity contribution in [3.05, 3.63) is 30.3 Å². The second-order valence-electron chi connectivity index (χ2n) is 10.3. The summed E-state index contributed by atoms with van der Waals surface area (Å²) in [4.78, 5) is 0. The predicted molar refractivity (Wildman–Crippen MR) is 140 cm³/mol. The maximum atomic E-state index is 10.9. The Bertz CT molecular complexity index is 1460. The van der Waals surface area contributed by atoms with Crippen LogP contribution in [-0.2, 0) is 14.2 Å². The van der Waals surface area contributed by atoms with Crippen molar-refractivity contribution in [1.29, 1.82) is 0 Å². The summed E-state index contributed by atoms with van der Waals surface area (Å²) in [5.41, 5.74) is -0.150. The number of rotatable bonds is 6. The van der Waals surface area contributed by atoms with Crippen LogP contribution in [0.25, 0.3) is 22.3 Å². The summed E-state index contributed by atoms with van der Waals surface area (Å²) in [5, 5.41) is 112. The summed E-state index contributed by atoms with van der Waals surface area (Å²) in [6.07, 6.45) is -15.9. The molecule has 43 heavy (non-hydrogen) atoms. The Kier molecular flexibility index (Phi) is 8.41. The SMILES string of the molecule is C[C@@H]1O[C@@H](O[C@H]2[C@H](O)[C@@H](O)[C@H](Oc3cc4c(O)cc(O)cc4[o+]c3-c3cc(O)c(O)c(O)c3)O[C@@H]2CO)[C@H](O)[C@H](O)[C@H]1O. The van der Waals surface area contributed by atoms with Gasteiger partial charge in [-0.05, 0) is 6.92 Å². The molecule has 11 N–H and O–H groups in total. The van der Waals surface area contributed by atoms with Gasteiger partial charge in [0.15, 0.2) is 23.5 Å². The Hall–Kier alpha value is -3.71. The monoisotopic (exact) mass is 611 g/mol.